The van der Waals surface area contributed by atoms with E-state index in [0.29, 0.717) is 0 Å². The van der Waals surface area contributed by atoms with E-state index in [1.807, 2.05) is 0 Å². The molecule has 24 heavy (non-hydrogen) atoms. The van der Waals surface area contributed by atoms with Gasteiger partial charge in [-0.25, -0.2) is 4.79 Å². The molecule has 0 aliphatic carbocycles. The van der Waals surface area contributed by atoms with E-state index in [1.54, 1.807) is 6.92 Å². The number of nitrogens with zero attached hydrogens (tertiary/aromatic N) is 1. The summed E-state index contributed by atoms with van der Waals surface area (Å²) in [4.78, 5) is 36.5. The van der Waals surface area contributed by atoms with Crippen LogP contribution >= 0.6 is 0 Å². The molecule has 0 atom stereocenters. The lowest BCUT2D eigenvalue weighted by Gasteiger charge is -2.36. The summed E-state index contributed by atoms with van der Waals surface area (Å²) in [6.07, 6.45) is 0.583. The molecule has 1 fully saturated rings. The van der Waals surface area contributed by atoms with Crippen molar-refractivity contribution in [2.24, 2.45) is 0 Å². The highest BCUT2D eigenvalue weighted by atomic mass is 16.4. The number of carboxylic acids is 1. The Kier molecular flexibility index (Phi) is 5.20. The van der Waals surface area contributed by atoms with Crippen LogP contribution in [0, 0.1) is 0 Å². The summed E-state index contributed by atoms with van der Waals surface area (Å²) in [5, 5.41) is 31.1. The van der Waals surface area contributed by atoms with Gasteiger partial charge in [0.25, 0.3) is 0 Å². The third-order valence-electron chi connectivity index (χ3n) is 4.20. The van der Waals surface area contributed by atoms with Gasteiger partial charge in [0.05, 0.1) is 35.7 Å². The second-order valence-corrected chi connectivity index (χ2v) is 5.71. The molecule has 130 valence electrons. The molecule has 8 nitrogen and oxygen atoms in total. The summed E-state index contributed by atoms with van der Waals surface area (Å²) in [7, 11) is 0. The monoisotopic (exact) mass is 336 g/mol. The normalized spacial score (nSPS) is 16.3. The maximum Gasteiger partial charge on any atom is 0.335 e. The summed E-state index contributed by atoms with van der Waals surface area (Å²) < 4.78 is 0. The first kappa shape index (κ1) is 17.9. The first-order valence-electron chi connectivity index (χ1n) is 7.60. The van der Waals surface area contributed by atoms with E-state index >= 15 is 0 Å². The van der Waals surface area contributed by atoms with Crippen LogP contribution in [0.4, 0.5) is 11.4 Å². The molecule has 0 aromatic heterocycles. The molecular formula is C16H20N2O6. The van der Waals surface area contributed by atoms with Crippen LogP contribution in [0.3, 0.4) is 0 Å². The fourth-order valence-electron chi connectivity index (χ4n) is 2.77. The van der Waals surface area contributed by atoms with Crippen molar-refractivity contribution >= 4 is 29.2 Å². The highest BCUT2D eigenvalue weighted by molar-refractivity contribution is 6.04. The average molecular weight is 336 g/mol. The fraction of sp³-hybridized carbons (Fsp3) is 0.438. The van der Waals surface area contributed by atoms with Gasteiger partial charge in [0.1, 0.15) is 0 Å². The Morgan fingerprint density at radius 1 is 1.29 bits per heavy atom. The average Bonchev–Trinajstić information content (AvgIpc) is 2.91. The second kappa shape index (κ2) is 6.98. The smallest absolute Gasteiger partial charge is 0.335 e. The van der Waals surface area contributed by atoms with Crippen LogP contribution in [0.2, 0.25) is 0 Å². The molecule has 0 radical (unpaired) electrons. The van der Waals surface area contributed by atoms with Crippen molar-refractivity contribution in [3.63, 3.8) is 0 Å². The van der Waals surface area contributed by atoms with Gasteiger partial charge in [-0.3, -0.25) is 14.5 Å². The van der Waals surface area contributed by atoms with Gasteiger partial charge < -0.3 is 20.6 Å². The number of aromatic carboxylic acids is 1. The van der Waals surface area contributed by atoms with Gasteiger partial charge in [0.15, 0.2) is 0 Å². The summed E-state index contributed by atoms with van der Waals surface area (Å²) in [5.41, 5.74) is -0.806. The zero-order valence-corrected chi connectivity index (χ0v) is 13.3. The number of carbonyl (C=O) groups excluding carboxylic acids is 2. The van der Waals surface area contributed by atoms with E-state index < -0.39 is 24.7 Å². The van der Waals surface area contributed by atoms with Crippen LogP contribution in [0.25, 0.3) is 0 Å². The minimum absolute atomic E-state index is 0.0459. The Bertz CT molecular complexity index is 669. The summed E-state index contributed by atoms with van der Waals surface area (Å²) in [6, 6.07) is 3.97. The molecule has 0 unspecified atom stereocenters. The molecule has 1 saturated heterocycles. The topological polar surface area (TPSA) is 127 Å². The third kappa shape index (κ3) is 3.10. The lowest BCUT2D eigenvalue weighted by atomic mass is 9.97. The number of anilines is 2. The predicted octanol–water partition coefficient (Wildman–Crippen LogP) is 0.583. The van der Waals surface area contributed by atoms with Gasteiger partial charge in [-0.15, -0.1) is 0 Å². The first-order chi connectivity index (χ1) is 11.4. The summed E-state index contributed by atoms with van der Waals surface area (Å²) in [5.74, 6) is -1.82. The third-order valence-corrected chi connectivity index (χ3v) is 4.20. The van der Waals surface area contributed by atoms with Crippen LogP contribution in [-0.4, -0.2) is 51.9 Å². The van der Waals surface area contributed by atoms with Gasteiger partial charge in [-0.2, -0.15) is 0 Å². The quantitative estimate of drug-likeness (QED) is 0.602. The Labute approximate surface area is 138 Å². The van der Waals surface area contributed by atoms with Crippen molar-refractivity contribution in [3.05, 3.63) is 23.8 Å². The minimum Gasteiger partial charge on any atom is -0.478 e. The largest absolute Gasteiger partial charge is 0.478 e. The molecule has 2 rings (SSSR count). The Morgan fingerprint density at radius 3 is 2.50 bits per heavy atom. The van der Waals surface area contributed by atoms with Crippen molar-refractivity contribution < 1.29 is 29.7 Å². The van der Waals surface area contributed by atoms with Gasteiger partial charge in [-0.05, 0) is 24.6 Å². The maximum atomic E-state index is 12.3. The molecule has 2 amide bonds. The van der Waals surface area contributed by atoms with Crippen molar-refractivity contribution in [2.45, 2.75) is 31.7 Å². The number of carboxylic acid groups (broad SMARTS) is 1. The summed E-state index contributed by atoms with van der Waals surface area (Å²) in [6.45, 7) is 0.747. The Morgan fingerprint density at radius 2 is 1.96 bits per heavy atom. The van der Waals surface area contributed by atoms with Gasteiger partial charge in [-0.1, -0.05) is 6.92 Å². The van der Waals surface area contributed by atoms with Crippen molar-refractivity contribution in [2.75, 3.05) is 23.4 Å². The predicted molar refractivity (Wildman–Crippen MR) is 85.9 cm³/mol. The van der Waals surface area contributed by atoms with Crippen molar-refractivity contribution in [3.8, 4) is 0 Å². The van der Waals surface area contributed by atoms with Gasteiger partial charge in [0, 0.05) is 12.8 Å². The molecule has 1 aliphatic heterocycles. The second-order valence-electron chi connectivity index (χ2n) is 5.71. The molecule has 1 aromatic rings. The number of hydrogen-bond acceptors (Lipinski definition) is 5. The van der Waals surface area contributed by atoms with E-state index in [0.717, 1.165) is 0 Å². The van der Waals surface area contributed by atoms with Crippen LogP contribution in [-0.2, 0) is 9.59 Å². The number of carbonyl (C=O) groups is 3. The number of hydrogen-bond donors (Lipinski definition) is 4. The highest BCUT2D eigenvalue weighted by Crippen LogP contribution is 2.39. The number of aliphatic hydroxyl groups is 2. The van der Waals surface area contributed by atoms with Crippen LogP contribution in [0.5, 0.6) is 0 Å². The first-order valence-corrected chi connectivity index (χ1v) is 7.60. The summed E-state index contributed by atoms with van der Waals surface area (Å²) >= 11 is 0. The van der Waals surface area contributed by atoms with Crippen molar-refractivity contribution in [1.82, 2.24) is 0 Å². The van der Waals surface area contributed by atoms with Crippen LogP contribution in [0.1, 0.15) is 36.5 Å². The Balaban J connectivity index is 2.56. The van der Waals surface area contributed by atoms with E-state index in [4.69, 9.17) is 5.11 Å². The molecule has 1 heterocycles. The molecule has 4 N–H and O–H groups in total. The van der Waals surface area contributed by atoms with E-state index in [-0.39, 0.29) is 48.0 Å². The van der Waals surface area contributed by atoms with Gasteiger partial charge in [0.2, 0.25) is 11.8 Å². The zero-order chi connectivity index (χ0) is 17.9. The number of amides is 2. The standard InChI is InChI=1S/C16H20N2O6/c1-2-13(21)17-11-7-10(15(23)24)3-4-12(11)18-14(22)5-6-16(18,8-19)9-20/h3-4,7,19-20H,2,5-6,8-9H2,1H3,(H,17,21)(H,23,24). The molecular weight excluding hydrogens is 316 g/mol. The van der Waals surface area contributed by atoms with Crippen LogP contribution < -0.4 is 10.2 Å². The lowest BCUT2D eigenvalue weighted by Crippen LogP contribution is -2.52. The lowest BCUT2D eigenvalue weighted by molar-refractivity contribution is -0.118. The molecule has 0 bridgehead atoms. The number of aliphatic hydroxyl groups excluding tert-OH is 2. The molecule has 0 spiro atoms. The van der Waals surface area contributed by atoms with E-state index in [1.165, 1.54) is 23.1 Å². The number of benzene rings is 1. The van der Waals surface area contributed by atoms with Crippen molar-refractivity contribution in [1.29, 1.82) is 0 Å². The molecule has 0 saturated carbocycles. The van der Waals surface area contributed by atoms with Crippen LogP contribution in [0.15, 0.2) is 18.2 Å². The highest BCUT2D eigenvalue weighted by Gasteiger charge is 2.46. The number of nitrogens with one attached hydrogen (secondary N) is 1. The SMILES string of the molecule is CCC(=O)Nc1cc(C(=O)O)ccc1N1C(=O)CCC1(CO)CO. The van der Waals surface area contributed by atoms with Gasteiger partial charge >= 0.3 is 5.97 Å². The zero-order valence-electron chi connectivity index (χ0n) is 13.3. The molecule has 1 aromatic carbocycles. The minimum atomic E-state index is -1.17. The van der Waals surface area contributed by atoms with E-state index in [2.05, 4.69) is 5.32 Å². The molecule has 1 aliphatic rings. The number of rotatable bonds is 6. The molecule has 8 heteroatoms. The fourth-order valence-corrected chi connectivity index (χ4v) is 2.77. The maximum absolute atomic E-state index is 12.3. The Hall–Kier alpha value is -2.45. The van der Waals surface area contributed by atoms with E-state index in [9.17, 15) is 24.6 Å².